The lowest BCUT2D eigenvalue weighted by molar-refractivity contribution is -0.121. The molecule has 0 aliphatic heterocycles. The molecule has 1 rings (SSSR count). The molecule has 0 bridgehead atoms. The Labute approximate surface area is 133 Å². The van der Waals surface area contributed by atoms with Crippen LogP contribution in [0.25, 0.3) is 0 Å². The van der Waals surface area contributed by atoms with E-state index in [1.54, 1.807) is 11.3 Å². The van der Waals surface area contributed by atoms with E-state index in [0.29, 0.717) is 18.9 Å². The molecule has 1 aromatic heterocycles. The van der Waals surface area contributed by atoms with Crippen LogP contribution in [0.4, 0.5) is 0 Å². The zero-order valence-corrected chi connectivity index (χ0v) is 14.4. The molecule has 5 heteroatoms. The van der Waals surface area contributed by atoms with Gasteiger partial charge in [0.25, 0.3) is 0 Å². The van der Waals surface area contributed by atoms with Gasteiger partial charge in [0, 0.05) is 24.4 Å². The fourth-order valence-corrected chi connectivity index (χ4v) is 3.72. The van der Waals surface area contributed by atoms with Gasteiger partial charge in [-0.25, -0.2) is 0 Å². The monoisotopic (exact) mass is 361 g/mol. The molecule has 3 nitrogen and oxygen atoms in total. The van der Waals surface area contributed by atoms with Crippen LogP contribution >= 0.6 is 27.3 Å². The number of aliphatic hydroxyl groups is 1. The largest absolute Gasteiger partial charge is 0.396 e. The summed E-state index contributed by atoms with van der Waals surface area (Å²) < 4.78 is 1.14. The first kappa shape index (κ1) is 17.7. The highest BCUT2D eigenvalue weighted by molar-refractivity contribution is 9.11. The van der Waals surface area contributed by atoms with E-state index in [2.05, 4.69) is 34.2 Å². The number of halogens is 1. The summed E-state index contributed by atoms with van der Waals surface area (Å²) in [6, 6.07) is 4.15. The number of nitrogens with one attached hydrogen (secondary N) is 1. The van der Waals surface area contributed by atoms with Crippen LogP contribution < -0.4 is 5.32 Å². The molecule has 0 aromatic carbocycles. The van der Waals surface area contributed by atoms with Crippen molar-refractivity contribution in [3.05, 3.63) is 20.8 Å². The van der Waals surface area contributed by atoms with Gasteiger partial charge in [0.1, 0.15) is 0 Å². The van der Waals surface area contributed by atoms with E-state index in [4.69, 9.17) is 5.11 Å². The van der Waals surface area contributed by atoms with Gasteiger partial charge in [0.15, 0.2) is 0 Å². The first-order chi connectivity index (χ1) is 9.65. The van der Waals surface area contributed by atoms with E-state index in [0.717, 1.165) is 35.9 Å². The molecule has 0 aliphatic rings. The van der Waals surface area contributed by atoms with Crippen LogP contribution in [0, 0.1) is 5.92 Å². The summed E-state index contributed by atoms with van der Waals surface area (Å²) >= 11 is 5.17. The van der Waals surface area contributed by atoms with Crippen LogP contribution in [-0.4, -0.2) is 24.2 Å². The maximum absolute atomic E-state index is 11.8. The number of carbonyl (C=O) groups is 1. The van der Waals surface area contributed by atoms with Crippen molar-refractivity contribution >= 4 is 33.2 Å². The highest BCUT2D eigenvalue weighted by Crippen LogP contribution is 2.23. The molecule has 2 N–H and O–H groups in total. The third kappa shape index (κ3) is 7.41. The molecule has 1 unspecified atom stereocenters. The maximum atomic E-state index is 11.8. The Morgan fingerprint density at radius 1 is 1.45 bits per heavy atom. The molecule has 1 heterocycles. The molecular formula is C15H24BrNO2S. The number of hydrogen-bond acceptors (Lipinski definition) is 3. The van der Waals surface area contributed by atoms with Crippen molar-refractivity contribution < 1.29 is 9.90 Å². The van der Waals surface area contributed by atoms with Crippen molar-refractivity contribution in [1.29, 1.82) is 0 Å². The first-order valence-electron chi connectivity index (χ1n) is 7.27. The Morgan fingerprint density at radius 2 is 2.25 bits per heavy atom. The highest BCUT2D eigenvalue weighted by atomic mass is 79.9. The Morgan fingerprint density at radius 3 is 2.85 bits per heavy atom. The van der Waals surface area contributed by atoms with Crippen LogP contribution in [0.5, 0.6) is 0 Å². The van der Waals surface area contributed by atoms with Gasteiger partial charge in [-0.15, -0.1) is 11.3 Å². The molecule has 0 saturated carbocycles. The van der Waals surface area contributed by atoms with Gasteiger partial charge in [-0.05, 0) is 59.7 Å². The lowest BCUT2D eigenvalue weighted by Gasteiger charge is -2.15. The van der Waals surface area contributed by atoms with E-state index < -0.39 is 0 Å². The molecule has 0 fully saturated rings. The summed E-state index contributed by atoms with van der Waals surface area (Å²) in [6.07, 6.45) is 5.35. The van der Waals surface area contributed by atoms with Crippen LogP contribution in [-0.2, 0) is 11.2 Å². The number of thiophene rings is 1. The third-order valence-corrected chi connectivity index (χ3v) is 4.96. The van der Waals surface area contributed by atoms with Crippen LogP contribution in [0.1, 0.15) is 43.9 Å². The molecule has 0 spiro atoms. The number of aryl methyl sites for hydroxylation is 1. The van der Waals surface area contributed by atoms with Crippen LogP contribution in [0.15, 0.2) is 15.9 Å². The standard InChI is InChI=1S/C15H24BrNO2S/c1-2-4-12(9-10-18)11-17-15(19)6-3-5-13-7-8-14(16)20-13/h7-8,12,18H,2-6,9-11H2,1H3,(H,17,19). The van der Waals surface area contributed by atoms with Gasteiger partial charge in [0.05, 0.1) is 3.79 Å². The van der Waals surface area contributed by atoms with Crippen molar-refractivity contribution in [3.63, 3.8) is 0 Å². The van der Waals surface area contributed by atoms with E-state index in [9.17, 15) is 4.79 Å². The third-order valence-electron chi connectivity index (χ3n) is 3.28. The summed E-state index contributed by atoms with van der Waals surface area (Å²) in [5, 5.41) is 12.0. The van der Waals surface area contributed by atoms with Gasteiger partial charge >= 0.3 is 0 Å². The van der Waals surface area contributed by atoms with Crippen molar-refractivity contribution in [2.75, 3.05) is 13.2 Å². The van der Waals surface area contributed by atoms with E-state index in [-0.39, 0.29) is 12.5 Å². The van der Waals surface area contributed by atoms with Gasteiger partial charge in [0.2, 0.25) is 5.91 Å². The topological polar surface area (TPSA) is 49.3 Å². The maximum Gasteiger partial charge on any atom is 0.220 e. The highest BCUT2D eigenvalue weighted by Gasteiger charge is 2.09. The SMILES string of the molecule is CCCC(CCO)CNC(=O)CCCc1ccc(Br)s1. The molecular weight excluding hydrogens is 338 g/mol. The lowest BCUT2D eigenvalue weighted by atomic mass is 10.0. The zero-order valence-electron chi connectivity index (χ0n) is 12.0. The quantitative estimate of drug-likeness (QED) is 0.666. The Hall–Kier alpha value is -0.390. The zero-order chi connectivity index (χ0) is 14.8. The van der Waals surface area contributed by atoms with Gasteiger partial charge < -0.3 is 10.4 Å². The molecule has 114 valence electrons. The smallest absolute Gasteiger partial charge is 0.220 e. The second-order valence-electron chi connectivity index (χ2n) is 5.03. The fourth-order valence-electron chi connectivity index (χ4n) is 2.20. The molecule has 1 aromatic rings. The van der Waals surface area contributed by atoms with Crippen molar-refractivity contribution in [2.45, 2.75) is 45.4 Å². The predicted octanol–water partition coefficient (Wildman–Crippen LogP) is 3.75. The molecule has 20 heavy (non-hydrogen) atoms. The first-order valence-corrected chi connectivity index (χ1v) is 8.88. The molecule has 1 amide bonds. The van der Waals surface area contributed by atoms with E-state index in [1.807, 2.05) is 6.07 Å². The Bertz CT molecular complexity index is 389. The Kier molecular flexibility index (Phi) is 9.14. The predicted molar refractivity (Wildman–Crippen MR) is 88.1 cm³/mol. The number of carbonyl (C=O) groups excluding carboxylic acids is 1. The summed E-state index contributed by atoms with van der Waals surface area (Å²) in [5.74, 6) is 0.530. The molecule has 1 atom stereocenters. The number of aliphatic hydroxyl groups excluding tert-OH is 1. The second-order valence-corrected chi connectivity index (χ2v) is 7.58. The second kappa shape index (κ2) is 10.4. The average Bonchev–Trinajstić information content (AvgIpc) is 2.82. The number of hydrogen-bond donors (Lipinski definition) is 2. The summed E-state index contributed by atoms with van der Waals surface area (Å²) in [6.45, 7) is 3.02. The van der Waals surface area contributed by atoms with Gasteiger partial charge in [-0.1, -0.05) is 13.3 Å². The molecule has 0 saturated heterocycles. The summed E-state index contributed by atoms with van der Waals surface area (Å²) in [7, 11) is 0. The molecule has 0 aliphatic carbocycles. The summed E-state index contributed by atoms with van der Waals surface area (Å²) in [5.41, 5.74) is 0. The van der Waals surface area contributed by atoms with Crippen molar-refractivity contribution in [2.24, 2.45) is 5.92 Å². The lowest BCUT2D eigenvalue weighted by Crippen LogP contribution is -2.29. The number of rotatable bonds is 10. The van der Waals surface area contributed by atoms with Crippen LogP contribution in [0.2, 0.25) is 0 Å². The van der Waals surface area contributed by atoms with Crippen LogP contribution in [0.3, 0.4) is 0 Å². The minimum atomic E-state index is 0.125. The van der Waals surface area contributed by atoms with Crippen molar-refractivity contribution in [1.82, 2.24) is 5.32 Å². The van der Waals surface area contributed by atoms with Gasteiger partial charge in [-0.3, -0.25) is 4.79 Å². The van der Waals surface area contributed by atoms with E-state index >= 15 is 0 Å². The minimum absolute atomic E-state index is 0.125. The minimum Gasteiger partial charge on any atom is -0.396 e. The average molecular weight is 362 g/mol. The van der Waals surface area contributed by atoms with E-state index in [1.165, 1.54) is 4.88 Å². The van der Waals surface area contributed by atoms with Gasteiger partial charge in [-0.2, -0.15) is 0 Å². The Balaban J connectivity index is 2.16. The fraction of sp³-hybridized carbons (Fsp3) is 0.667. The summed E-state index contributed by atoms with van der Waals surface area (Å²) in [4.78, 5) is 13.1. The number of amides is 1. The normalized spacial score (nSPS) is 12.3. The van der Waals surface area contributed by atoms with Crippen molar-refractivity contribution in [3.8, 4) is 0 Å². The molecule has 0 radical (unpaired) electrons.